The number of aromatic nitrogens is 1. The van der Waals surface area contributed by atoms with Crippen LogP contribution < -0.4 is 14.4 Å². The molecule has 224 valence electrons. The summed E-state index contributed by atoms with van der Waals surface area (Å²) in [6.07, 6.45) is 1.09. The number of oxazole rings is 1. The predicted octanol–water partition coefficient (Wildman–Crippen LogP) is 7.13. The highest BCUT2D eigenvalue weighted by Crippen LogP contribution is 2.43. The average Bonchev–Trinajstić information content (AvgIpc) is 3.62. The molecule has 0 bridgehead atoms. The van der Waals surface area contributed by atoms with Crippen LogP contribution in [0.3, 0.4) is 0 Å². The molecule has 1 N–H and O–H groups in total. The van der Waals surface area contributed by atoms with Crippen molar-refractivity contribution in [2.24, 2.45) is 0 Å². The quantitative estimate of drug-likeness (QED) is 0.199. The van der Waals surface area contributed by atoms with Gasteiger partial charge in [-0.25, -0.2) is 17.8 Å². The number of benzene rings is 4. The first-order chi connectivity index (χ1) is 21.0. The summed E-state index contributed by atoms with van der Waals surface area (Å²) in [5, 5.41) is 3.49. The molecule has 0 fully saturated rings. The Balaban J connectivity index is 1.65. The molecule has 0 spiro atoms. The molecule has 2 heterocycles. The summed E-state index contributed by atoms with van der Waals surface area (Å²) in [4.78, 5) is 17.8. The van der Waals surface area contributed by atoms with E-state index in [1.54, 1.807) is 48.5 Å². The number of nitrogens with one attached hydrogen (secondary N) is 1. The molecule has 9 nitrogen and oxygen atoms in total. The maximum absolute atomic E-state index is 13.7. The van der Waals surface area contributed by atoms with Crippen LogP contribution in [0, 0.1) is 5.82 Å². The molecule has 0 unspecified atom stereocenters. The minimum absolute atomic E-state index is 0.208. The Morgan fingerprint density at radius 2 is 1.70 bits per heavy atom. The van der Waals surface area contributed by atoms with Crippen molar-refractivity contribution < 1.29 is 31.2 Å². The fraction of sp³-hybridized carbons (Fsp3) is 0.125. The van der Waals surface area contributed by atoms with Crippen LogP contribution in [0.5, 0.6) is 5.75 Å². The minimum Gasteiger partial charge on any atom is -0.497 e. The second-order valence-electron chi connectivity index (χ2n) is 10.0. The molecule has 2 aromatic heterocycles. The van der Waals surface area contributed by atoms with Crippen LogP contribution >= 0.6 is 11.6 Å². The molecule has 4 aromatic carbocycles. The number of methoxy groups -OCH3 is 1. The van der Waals surface area contributed by atoms with Crippen molar-refractivity contribution in [3.8, 4) is 39.7 Å². The number of carbonyl (C=O) groups is 1. The largest absolute Gasteiger partial charge is 0.497 e. The van der Waals surface area contributed by atoms with Gasteiger partial charge in [-0.2, -0.15) is 0 Å². The molecular formula is C32H25ClFN3O6S. The third-order valence-corrected chi connectivity index (χ3v) is 8.77. The Labute approximate surface area is 256 Å². The Morgan fingerprint density at radius 3 is 2.36 bits per heavy atom. The topological polar surface area (TPSA) is 115 Å². The highest BCUT2D eigenvalue weighted by Gasteiger charge is 2.26. The molecular weight excluding hydrogens is 609 g/mol. The zero-order valence-electron chi connectivity index (χ0n) is 23.9. The number of halogens is 2. The molecule has 44 heavy (non-hydrogen) atoms. The van der Waals surface area contributed by atoms with Crippen molar-refractivity contribution >= 4 is 55.3 Å². The van der Waals surface area contributed by atoms with Gasteiger partial charge in [0.25, 0.3) is 5.91 Å². The van der Waals surface area contributed by atoms with Crippen molar-refractivity contribution in [3.63, 3.8) is 0 Å². The summed E-state index contributed by atoms with van der Waals surface area (Å²) in [6.45, 7) is 0. The minimum atomic E-state index is -3.74. The Morgan fingerprint density at radius 1 is 0.977 bits per heavy atom. The summed E-state index contributed by atoms with van der Waals surface area (Å²) in [7, 11) is 0.678. The van der Waals surface area contributed by atoms with Crippen molar-refractivity contribution in [3.05, 3.63) is 89.2 Å². The van der Waals surface area contributed by atoms with Crippen LogP contribution in [0.1, 0.15) is 10.4 Å². The fourth-order valence-electron chi connectivity index (χ4n) is 4.99. The second kappa shape index (κ2) is 11.0. The van der Waals surface area contributed by atoms with E-state index in [0.717, 1.165) is 10.6 Å². The summed E-state index contributed by atoms with van der Waals surface area (Å²) >= 11 is 6.33. The van der Waals surface area contributed by atoms with Gasteiger partial charge in [0.05, 0.1) is 29.6 Å². The smallest absolute Gasteiger partial charge is 0.255 e. The molecule has 0 saturated carbocycles. The Hall–Kier alpha value is -4.87. The van der Waals surface area contributed by atoms with Gasteiger partial charge >= 0.3 is 0 Å². The van der Waals surface area contributed by atoms with Crippen LogP contribution in [0.2, 0.25) is 5.02 Å². The molecule has 1 amide bonds. The second-order valence-corrected chi connectivity index (χ2v) is 12.5. The fourth-order valence-corrected chi connectivity index (χ4v) is 5.71. The summed E-state index contributed by atoms with van der Waals surface area (Å²) in [6, 6.07) is 19.3. The van der Waals surface area contributed by atoms with Crippen LogP contribution in [0.4, 0.5) is 10.1 Å². The summed E-state index contributed by atoms with van der Waals surface area (Å²) in [5.41, 5.74) is 3.76. The molecule has 0 aliphatic rings. The van der Waals surface area contributed by atoms with Gasteiger partial charge in [0.15, 0.2) is 5.58 Å². The number of nitrogens with zero attached hydrogens (tertiary/aromatic N) is 2. The molecule has 6 aromatic rings. The Kier molecular flexibility index (Phi) is 7.30. The van der Waals surface area contributed by atoms with Crippen LogP contribution in [-0.2, 0) is 10.0 Å². The molecule has 0 aliphatic carbocycles. The van der Waals surface area contributed by atoms with Gasteiger partial charge < -0.3 is 18.9 Å². The number of hydrogen-bond acceptors (Lipinski definition) is 7. The number of ether oxygens (including phenoxy) is 1. The zero-order valence-corrected chi connectivity index (χ0v) is 25.5. The lowest BCUT2D eigenvalue weighted by atomic mass is 9.97. The standard InChI is InChI=1S/C32H25ClFN3O6S/c1-35-31(38)28-23-15-22(18-12-19(14-21(13-18)41-3)32-36-29-24(33)6-5-7-26(29)43-32)25(37(2)44(4,39)40)16-27(23)42-30(28)17-8-10-20(34)11-9-17/h5-16H,1-4H3,(H,35,38). The Bertz CT molecular complexity index is 2190. The third-order valence-electron chi connectivity index (χ3n) is 7.27. The number of carbonyl (C=O) groups excluding carboxylic acids is 1. The lowest BCUT2D eigenvalue weighted by molar-refractivity contribution is 0.0964. The number of para-hydroxylation sites is 1. The normalized spacial score (nSPS) is 11.7. The van der Waals surface area contributed by atoms with E-state index in [4.69, 9.17) is 25.2 Å². The van der Waals surface area contributed by atoms with E-state index < -0.39 is 21.7 Å². The number of rotatable bonds is 7. The molecule has 0 aliphatic heterocycles. The monoisotopic (exact) mass is 633 g/mol. The van der Waals surface area contributed by atoms with Gasteiger partial charge in [0, 0.05) is 42.2 Å². The van der Waals surface area contributed by atoms with Gasteiger partial charge in [0.2, 0.25) is 15.9 Å². The maximum atomic E-state index is 13.7. The lowest BCUT2D eigenvalue weighted by Gasteiger charge is -2.21. The van der Waals surface area contributed by atoms with Crippen molar-refractivity contribution in [1.29, 1.82) is 0 Å². The average molecular weight is 634 g/mol. The van der Waals surface area contributed by atoms with Gasteiger partial charge in [-0.15, -0.1) is 0 Å². The SMILES string of the molecule is CNC(=O)c1c(-c2ccc(F)cc2)oc2cc(N(C)S(C)(=O)=O)c(-c3cc(OC)cc(-c4nc5c(Cl)cccc5o4)c3)cc12. The van der Waals surface area contributed by atoms with E-state index in [1.807, 2.05) is 0 Å². The maximum Gasteiger partial charge on any atom is 0.255 e. The van der Waals surface area contributed by atoms with Gasteiger partial charge in [-0.1, -0.05) is 17.7 Å². The number of sulfonamides is 1. The van der Waals surface area contributed by atoms with E-state index in [2.05, 4.69) is 10.3 Å². The van der Waals surface area contributed by atoms with Gasteiger partial charge in [-0.3, -0.25) is 9.10 Å². The predicted molar refractivity (Wildman–Crippen MR) is 168 cm³/mol. The lowest BCUT2D eigenvalue weighted by Crippen LogP contribution is -2.25. The number of furan rings is 1. The summed E-state index contributed by atoms with van der Waals surface area (Å²) in [5.74, 6) is 0.0535. The van der Waals surface area contributed by atoms with E-state index in [-0.39, 0.29) is 28.5 Å². The third kappa shape index (κ3) is 5.14. The first kappa shape index (κ1) is 29.2. The molecule has 0 atom stereocenters. The molecule has 6 rings (SSSR count). The van der Waals surface area contributed by atoms with E-state index >= 15 is 0 Å². The summed E-state index contributed by atoms with van der Waals surface area (Å²) < 4.78 is 58.2. The zero-order chi connectivity index (χ0) is 31.3. The van der Waals surface area contributed by atoms with Crippen molar-refractivity contribution in [2.75, 3.05) is 31.8 Å². The first-order valence-electron chi connectivity index (χ1n) is 13.3. The number of fused-ring (bicyclic) bond motifs is 2. The molecule has 0 saturated heterocycles. The van der Waals surface area contributed by atoms with E-state index in [9.17, 15) is 17.6 Å². The van der Waals surface area contributed by atoms with Crippen LogP contribution in [0.25, 0.3) is 56.0 Å². The highest BCUT2D eigenvalue weighted by molar-refractivity contribution is 7.92. The van der Waals surface area contributed by atoms with Crippen LogP contribution in [-0.4, -0.2) is 46.8 Å². The van der Waals surface area contributed by atoms with Crippen LogP contribution in [0.15, 0.2) is 81.6 Å². The van der Waals surface area contributed by atoms with Crippen molar-refractivity contribution in [2.45, 2.75) is 0 Å². The molecule has 0 radical (unpaired) electrons. The molecule has 12 heteroatoms. The van der Waals surface area contributed by atoms with Gasteiger partial charge in [0.1, 0.15) is 28.4 Å². The van der Waals surface area contributed by atoms with E-state index in [1.165, 1.54) is 45.5 Å². The number of anilines is 1. The number of amides is 1. The van der Waals surface area contributed by atoms with E-state index in [0.29, 0.717) is 49.5 Å². The highest BCUT2D eigenvalue weighted by atomic mass is 35.5. The van der Waals surface area contributed by atoms with Crippen molar-refractivity contribution in [1.82, 2.24) is 10.3 Å². The first-order valence-corrected chi connectivity index (χ1v) is 15.5. The van der Waals surface area contributed by atoms with Gasteiger partial charge in [-0.05, 0) is 66.2 Å². The number of hydrogen-bond donors (Lipinski definition) is 1.